The van der Waals surface area contributed by atoms with E-state index >= 15 is 0 Å². The molecular weight excluding hydrogens is 460 g/mol. The van der Waals surface area contributed by atoms with Crippen molar-refractivity contribution >= 4 is 51.9 Å². The zero-order valence-corrected chi connectivity index (χ0v) is 18.7. The molecule has 1 fully saturated rings. The number of nitro benzene ring substituents is 1. The summed E-state index contributed by atoms with van der Waals surface area (Å²) in [5.74, 6) is -0.537. The fourth-order valence-corrected chi connectivity index (χ4v) is 4.36. The van der Waals surface area contributed by atoms with Crippen LogP contribution in [0.1, 0.15) is 21.5 Å². The molecule has 3 aromatic rings. The second-order valence-corrected chi connectivity index (χ2v) is 8.70. The Morgan fingerprint density at radius 1 is 1.06 bits per heavy atom. The number of rotatable bonds is 6. The van der Waals surface area contributed by atoms with Crippen LogP contribution in [0.15, 0.2) is 83.8 Å². The van der Waals surface area contributed by atoms with Gasteiger partial charge in [-0.1, -0.05) is 66.4 Å². The number of non-ortho nitro benzene ring substituents is 1. The first-order chi connectivity index (χ1) is 15.9. The lowest BCUT2D eigenvalue weighted by Crippen LogP contribution is -2.27. The van der Waals surface area contributed by atoms with E-state index in [-0.39, 0.29) is 22.9 Å². The highest BCUT2D eigenvalue weighted by Crippen LogP contribution is 2.34. The van der Waals surface area contributed by atoms with Gasteiger partial charge in [-0.25, -0.2) is 4.79 Å². The molecule has 9 heteroatoms. The van der Waals surface area contributed by atoms with E-state index in [4.69, 9.17) is 17.0 Å². The van der Waals surface area contributed by atoms with Gasteiger partial charge in [-0.2, -0.15) is 0 Å². The molecule has 1 aliphatic rings. The van der Waals surface area contributed by atoms with Gasteiger partial charge in [0.2, 0.25) is 0 Å². The molecule has 1 saturated heterocycles. The maximum absolute atomic E-state index is 12.9. The van der Waals surface area contributed by atoms with E-state index in [2.05, 4.69) is 0 Å². The smallest absolute Gasteiger partial charge is 0.343 e. The van der Waals surface area contributed by atoms with Crippen LogP contribution in [-0.4, -0.2) is 26.0 Å². The van der Waals surface area contributed by atoms with Crippen LogP contribution in [0, 0.1) is 10.1 Å². The van der Waals surface area contributed by atoms with E-state index in [1.54, 1.807) is 35.2 Å². The Morgan fingerprint density at radius 3 is 2.48 bits per heavy atom. The Bertz CT molecular complexity index is 1270. The zero-order chi connectivity index (χ0) is 23.4. The van der Waals surface area contributed by atoms with Gasteiger partial charge in [-0.05, 0) is 41.5 Å². The lowest BCUT2D eigenvalue weighted by atomic mass is 10.2. The van der Waals surface area contributed by atoms with Crippen molar-refractivity contribution in [3.8, 4) is 5.75 Å². The summed E-state index contributed by atoms with van der Waals surface area (Å²) in [6.07, 6.45) is 1.70. The van der Waals surface area contributed by atoms with Crippen LogP contribution < -0.4 is 4.74 Å². The average molecular weight is 477 g/mol. The summed E-state index contributed by atoms with van der Waals surface area (Å²) in [4.78, 5) is 37.5. The van der Waals surface area contributed by atoms with Gasteiger partial charge in [0.1, 0.15) is 10.1 Å². The predicted octanol–water partition coefficient (Wildman–Crippen LogP) is 5.22. The van der Waals surface area contributed by atoms with Gasteiger partial charge in [-0.15, -0.1) is 0 Å². The Balaban J connectivity index is 1.47. The Kier molecular flexibility index (Phi) is 6.62. The first-order valence-corrected chi connectivity index (χ1v) is 11.0. The molecule has 1 amide bonds. The number of thiocarbonyl (C=S) groups is 1. The summed E-state index contributed by atoms with van der Waals surface area (Å²) < 4.78 is 5.87. The van der Waals surface area contributed by atoms with E-state index in [1.165, 1.54) is 36.0 Å². The van der Waals surface area contributed by atoms with Gasteiger partial charge < -0.3 is 4.74 Å². The lowest BCUT2D eigenvalue weighted by Gasteiger charge is -2.14. The molecule has 4 rings (SSSR count). The second kappa shape index (κ2) is 9.76. The quantitative estimate of drug-likeness (QED) is 0.120. The maximum Gasteiger partial charge on any atom is 0.343 e. The summed E-state index contributed by atoms with van der Waals surface area (Å²) in [5.41, 5.74) is 1.73. The molecular formula is C24H16N2O5S2. The summed E-state index contributed by atoms with van der Waals surface area (Å²) in [5, 5.41) is 10.8. The maximum atomic E-state index is 12.9. The van der Waals surface area contributed by atoms with E-state index in [0.29, 0.717) is 21.3 Å². The van der Waals surface area contributed by atoms with Gasteiger partial charge in [0.25, 0.3) is 11.6 Å². The summed E-state index contributed by atoms with van der Waals surface area (Å²) in [6, 6.07) is 21.5. The highest BCUT2D eigenvalue weighted by atomic mass is 32.2. The molecule has 1 aliphatic heterocycles. The molecule has 0 unspecified atom stereocenters. The van der Waals surface area contributed by atoms with Crippen molar-refractivity contribution in [3.63, 3.8) is 0 Å². The number of carbonyl (C=O) groups is 2. The molecule has 7 nitrogen and oxygen atoms in total. The molecule has 0 spiro atoms. The minimum absolute atomic E-state index is 0.113. The largest absolute Gasteiger partial charge is 0.423 e. The topological polar surface area (TPSA) is 89.8 Å². The van der Waals surface area contributed by atoms with Gasteiger partial charge in [-0.3, -0.25) is 19.8 Å². The van der Waals surface area contributed by atoms with Crippen molar-refractivity contribution in [3.05, 3.63) is 111 Å². The van der Waals surface area contributed by atoms with Gasteiger partial charge in [0.05, 0.1) is 21.9 Å². The number of hydrogen-bond donors (Lipinski definition) is 0. The van der Waals surface area contributed by atoms with Crippen LogP contribution >= 0.6 is 24.0 Å². The van der Waals surface area contributed by atoms with Crippen molar-refractivity contribution < 1.29 is 19.2 Å². The zero-order valence-electron chi connectivity index (χ0n) is 17.0. The molecule has 164 valence electrons. The van der Waals surface area contributed by atoms with Crippen LogP contribution in [0.3, 0.4) is 0 Å². The standard InChI is InChI=1S/C24H16N2O5S2/c27-22-21(33-24(32)25(22)15-16-5-2-1-3-6-16)14-17-7-4-8-20(13-17)31-23(28)18-9-11-19(12-10-18)26(29)30/h1-14H,15H2. The summed E-state index contributed by atoms with van der Waals surface area (Å²) in [6.45, 7) is 0.399. The van der Waals surface area contributed by atoms with Crippen molar-refractivity contribution in [2.24, 2.45) is 0 Å². The number of hydrogen-bond acceptors (Lipinski definition) is 7. The Labute approximate surface area is 198 Å². The molecule has 0 radical (unpaired) electrons. The molecule has 0 saturated carbocycles. The first-order valence-electron chi connectivity index (χ1n) is 9.77. The van der Waals surface area contributed by atoms with Gasteiger partial charge in [0, 0.05) is 12.1 Å². The third kappa shape index (κ3) is 5.33. The SMILES string of the molecule is O=C(Oc1cccc(C=C2SC(=S)N(Cc3ccccc3)C2=O)c1)c1ccc([N+](=O)[O-])cc1. The van der Waals surface area contributed by atoms with Gasteiger partial charge in [0.15, 0.2) is 0 Å². The number of ether oxygens (including phenoxy) is 1. The van der Waals surface area contributed by atoms with Crippen LogP contribution in [0.4, 0.5) is 5.69 Å². The third-order valence-electron chi connectivity index (χ3n) is 4.74. The van der Waals surface area contributed by atoms with Crippen molar-refractivity contribution in [2.75, 3.05) is 0 Å². The van der Waals surface area contributed by atoms with Crippen LogP contribution in [-0.2, 0) is 11.3 Å². The minimum atomic E-state index is -0.642. The van der Waals surface area contributed by atoms with Crippen LogP contribution in [0.25, 0.3) is 6.08 Å². The normalized spacial score (nSPS) is 14.5. The summed E-state index contributed by atoms with van der Waals surface area (Å²) in [7, 11) is 0. The van der Waals surface area contributed by atoms with E-state index < -0.39 is 10.9 Å². The third-order valence-corrected chi connectivity index (χ3v) is 6.12. The lowest BCUT2D eigenvalue weighted by molar-refractivity contribution is -0.384. The monoisotopic (exact) mass is 476 g/mol. The van der Waals surface area contributed by atoms with E-state index in [0.717, 1.165) is 5.56 Å². The van der Waals surface area contributed by atoms with Crippen molar-refractivity contribution in [1.29, 1.82) is 0 Å². The summed E-state index contributed by atoms with van der Waals surface area (Å²) >= 11 is 6.61. The highest BCUT2D eigenvalue weighted by molar-refractivity contribution is 8.26. The Hall–Kier alpha value is -3.82. The molecule has 1 heterocycles. The average Bonchev–Trinajstić information content (AvgIpc) is 3.07. The van der Waals surface area contributed by atoms with E-state index in [1.807, 2.05) is 30.3 Å². The van der Waals surface area contributed by atoms with Gasteiger partial charge >= 0.3 is 5.97 Å². The number of thioether (sulfide) groups is 1. The number of amides is 1. The molecule has 0 atom stereocenters. The molecule has 0 aromatic heterocycles. The van der Waals surface area contributed by atoms with Crippen molar-refractivity contribution in [1.82, 2.24) is 4.90 Å². The molecule has 33 heavy (non-hydrogen) atoms. The minimum Gasteiger partial charge on any atom is -0.423 e. The molecule has 3 aromatic carbocycles. The fraction of sp³-hybridized carbons (Fsp3) is 0.0417. The number of esters is 1. The van der Waals surface area contributed by atoms with Crippen LogP contribution in [0.5, 0.6) is 5.75 Å². The number of nitrogens with zero attached hydrogens (tertiary/aromatic N) is 2. The molecule has 0 bridgehead atoms. The number of carbonyl (C=O) groups excluding carboxylic acids is 2. The second-order valence-electron chi connectivity index (χ2n) is 7.02. The first kappa shape index (κ1) is 22.4. The Morgan fingerprint density at radius 2 is 1.79 bits per heavy atom. The molecule has 0 aliphatic carbocycles. The molecule has 0 N–H and O–H groups in total. The fourth-order valence-electron chi connectivity index (χ4n) is 3.11. The predicted molar refractivity (Wildman–Crippen MR) is 130 cm³/mol. The number of nitro groups is 1. The van der Waals surface area contributed by atoms with Crippen LogP contribution in [0.2, 0.25) is 0 Å². The van der Waals surface area contributed by atoms with Crippen molar-refractivity contribution in [2.45, 2.75) is 6.54 Å². The highest BCUT2D eigenvalue weighted by Gasteiger charge is 2.31. The van der Waals surface area contributed by atoms with E-state index in [9.17, 15) is 19.7 Å². The number of benzene rings is 3.